The lowest BCUT2D eigenvalue weighted by molar-refractivity contribution is 0.322. The van der Waals surface area contributed by atoms with Crippen molar-refractivity contribution in [3.05, 3.63) is 16.6 Å². The molecule has 1 heterocycles. The van der Waals surface area contributed by atoms with Gasteiger partial charge in [-0.3, -0.25) is 4.98 Å². The smallest absolute Gasteiger partial charge is 0.0794 e. The first-order chi connectivity index (χ1) is 4.93. The highest BCUT2D eigenvalue weighted by Crippen LogP contribution is 2.14. The molecular weight excluding hydrogens is 166 g/mol. The van der Waals surface area contributed by atoms with Crippen molar-refractivity contribution < 1.29 is 5.11 Å². The zero-order valence-corrected chi connectivity index (χ0v) is 7.12. The highest BCUT2D eigenvalue weighted by atomic mass is 32.2. The van der Waals surface area contributed by atoms with Crippen molar-refractivity contribution in [2.24, 2.45) is 0 Å². The SMILES string of the molecule is OCCSCc1cncs1. The Hall–Kier alpha value is -0.0600. The van der Waals surface area contributed by atoms with Crippen molar-refractivity contribution in [2.75, 3.05) is 12.4 Å². The average Bonchev–Trinajstić information content (AvgIpc) is 2.41. The van der Waals surface area contributed by atoms with Gasteiger partial charge >= 0.3 is 0 Å². The molecule has 0 aliphatic rings. The molecule has 1 N–H and O–H groups in total. The van der Waals surface area contributed by atoms with Crippen molar-refractivity contribution >= 4 is 23.1 Å². The maximum atomic E-state index is 8.46. The molecule has 0 bridgehead atoms. The third-order valence-electron chi connectivity index (χ3n) is 0.963. The van der Waals surface area contributed by atoms with E-state index in [1.54, 1.807) is 23.1 Å². The molecule has 2 nitrogen and oxygen atoms in total. The molecule has 0 radical (unpaired) electrons. The summed E-state index contributed by atoms with van der Waals surface area (Å²) in [5, 5.41) is 8.46. The number of aliphatic hydroxyl groups is 1. The van der Waals surface area contributed by atoms with E-state index in [2.05, 4.69) is 4.98 Å². The molecule has 0 saturated heterocycles. The number of rotatable bonds is 4. The Bertz CT molecular complexity index is 164. The van der Waals surface area contributed by atoms with Gasteiger partial charge < -0.3 is 5.11 Å². The summed E-state index contributed by atoms with van der Waals surface area (Å²) >= 11 is 3.39. The molecule has 0 aliphatic heterocycles. The van der Waals surface area contributed by atoms with E-state index in [1.165, 1.54) is 4.88 Å². The lowest BCUT2D eigenvalue weighted by atomic mass is 10.6. The molecule has 0 saturated carbocycles. The minimum atomic E-state index is 0.267. The molecule has 1 rings (SSSR count). The molecular formula is C6H9NOS2. The second-order valence-electron chi connectivity index (χ2n) is 1.74. The molecule has 0 amide bonds. The number of hydrogen-bond acceptors (Lipinski definition) is 4. The Morgan fingerprint density at radius 3 is 3.20 bits per heavy atom. The predicted molar refractivity (Wildman–Crippen MR) is 45.4 cm³/mol. The molecule has 0 aliphatic carbocycles. The zero-order chi connectivity index (χ0) is 7.23. The Morgan fingerprint density at radius 1 is 1.70 bits per heavy atom. The second kappa shape index (κ2) is 4.71. The highest BCUT2D eigenvalue weighted by Gasteiger charge is 1.92. The van der Waals surface area contributed by atoms with E-state index in [4.69, 9.17) is 5.11 Å². The van der Waals surface area contributed by atoms with Crippen molar-refractivity contribution in [3.8, 4) is 0 Å². The molecule has 0 unspecified atom stereocenters. The van der Waals surface area contributed by atoms with Gasteiger partial charge in [0.2, 0.25) is 0 Å². The van der Waals surface area contributed by atoms with Gasteiger partial charge in [-0.1, -0.05) is 0 Å². The number of hydrogen-bond donors (Lipinski definition) is 1. The Kier molecular flexibility index (Phi) is 3.79. The molecule has 1 aromatic heterocycles. The van der Waals surface area contributed by atoms with Gasteiger partial charge in [0.15, 0.2) is 0 Å². The van der Waals surface area contributed by atoms with E-state index in [0.29, 0.717) is 0 Å². The first-order valence-corrected chi connectivity index (χ1v) is 5.03. The van der Waals surface area contributed by atoms with E-state index in [9.17, 15) is 0 Å². The van der Waals surface area contributed by atoms with Crippen LogP contribution in [0.4, 0.5) is 0 Å². The average molecular weight is 175 g/mol. The van der Waals surface area contributed by atoms with Gasteiger partial charge in [-0.2, -0.15) is 11.8 Å². The van der Waals surface area contributed by atoms with Gasteiger partial charge in [0, 0.05) is 22.6 Å². The number of aromatic nitrogens is 1. The molecule has 0 atom stereocenters. The fourth-order valence-electron chi connectivity index (χ4n) is 0.551. The third kappa shape index (κ3) is 2.68. The van der Waals surface area contributed by atoms with Crippen LogP contribution in [0.1, 0.15) is 4.88 Å². The van der Waals surface area contributed by atoms with Gasteiger partial charge in [0.1, 0.15) is 0 Å². The molecule has 1 aromatic rings. The van der Waals surface area contributed by atoms with E-state index in [1.807, 2.05) is 11.7 Å². The van der Waals surface area contributed by atoms with Crippen LogP contribution in [0.5, 0.6) is 0 Å². The minimum absolute atomic E-state index is 0.267. The van der Waals surface area contributed by atoms with E-state index in [0.717, 1.165) is 11.5 Å². The predicted octanol–water partition coefficient (Wildman–Crippen LogP) is 1.37. The molecule has 10 heavy (non-hydrogen) atoms. The van der Waals surface area contributed by atoms with Crippen LogP contribution in [-0.4, -0.2) is 22.5 Å². The number of thioether (sulfide) groups is 1. The fraction of sp³-hybridized carbons (Fsp3) is 0.500. The van der Waals surface area contributed by atoms with Crippen molar-refractivity contribution in [1.29, 1.82) is 0 Å². The van der Waals surface area contributed by atoms with Gasteiger partial charge in [0.05, 0.1) is 12.1 Å². The van der Waals surface area contributed by atoms with Crippen LogP contribution in [0.25, 0.3) is 0 Å². The number of nitrogens with zero attached hydrogens (tertiary/aromatic N) is 1. The van der Waals surface area contributed by atoms with Crippen LogP contribution in [0.3, 0.4) is 0 Å². The minimum Gasteiger partial charge on any atom is -0.396 e. The van der Waals surface area contributed by atoms with E-state index >= 15 is 0 Å². The van der Waals surface area contributed by atoms with Crippen LogP contribution in [0.15, 0.2) is 11.7 Å². The number of aliphatic hydroxyl groups excluding tert-OH is 1. The maximum Gasteiger partial charge on any atom is 0.0794 e. The summed E-state index contributed by atoms with van der Waals surface area (Å²) in [6.07, 6.45) is 1.87. The Labute approximate surface area is 68.3 Å². The van der Waals surface area contributed by atoms with Crippen molar-refractivity contribution in [1.82, 2.24) is 4.98 Å². The van der Waals surface area contributed by atoms with Gasteiger partial charge in [0.25, 0.3) is 0 Å². The summed E-state index contributed by atoms with van der Waals surface area (Å²) in [6, 6.07) is 0. The molecule has 0 aromatic carbocycles. The first kappa shape index (κ1) is 8.04. The van der Waals surface area contributed by atoms with Gasteiger partial charge in [-0.15, -0.1) is 11.3 Å². The first-order valence-electron chi connectivity index (χ1n) is 2.99. The molecule has 4 heteroatoms. The van der Waals surface area contributed by atoms with Crippen molar-refractivity contribution in [3.63, 3.8) is 0 Å². The van der Waals surface area contributed by atoms with Gasteiger partial charge in [-0.05, 0) is 0 Å². The highest BCUT2D eigenvalue weighted by molar-refractivity contribution is 7.98. The van der Waals surface area contributed by atoms with Crippen LogP contribution in [0.2, 0.25) is 0 Å². The lowest BCUT2D eigenvalue weighted by Gasteiger charge is -1.92. The van der Waals surface area contributed by atoms with Crippen LogP contribution >= 0.6 is 23.1 Å². The fourth-order valence-corrected chi connectivity index (χ4v) is 2.00. The number of thiazole rings is 1. The summed E-state index contributed by atoms with van der Waals surface area (Å²) in [6.45, 7) is 0.267. The lowest BCUT2D eigenvalue weighted by Crippen LogP contribution is -1.85. The van der Waals surface area contributed by atoms with Crippen LogP contribution < -0.4 is 0 Å². The van der Waals surface area contributed by atoms with Crippen molar-refractivity contribution in [2.45, 2.75) is 5.75 Å². The molecule has 0 fully saturated rings. The third-order valence-corrected chi connectivity index (χ3v) is 2.91. The zero-order valence-electron chi connectivity index (χ0n) is 5.49. The Morgan fingerprint density at radius 2 is 2.60 bits per heavy atom. The summed E-state index contributed by atoms with van der Waals surface area (Å²) in [5.41, 5.74) is 1.83. The monoisotopic (exact) mass is 175 g/mol. The normalized spacial score (nSPS) is 10.1. The maximum absolute atomic E-state index is 8.46. The van der Waals surface area contributed by atoms with Crippen LogP contribution in [0, 0.1) is 0 Å². The second-order valence-corrected chi connectivity index (χ2v) is 3.82. The van der Waals surface area contributed by atoms with E-state index in [-0.39, 0.29) is 6.61 Å². The Balaban J connectivity index is 2.15. The topological polar surface area (TPSA) is 33.1 Å². The largest absolute Gasteiger partial charge is 0.396 e. The summed E-state index contributed by atoms with van der Waals surface area (Å²) in [4.78, 5) is 5.22. The van der Waals surface area contributed by atoms with E-state index < -0.39 is 0 Å². The molecule has 56 valence electrons. The van der Waals surface area contributed by atoms with Gasteiger partial charge in [-0.25, -0.2) is 0 Å². The quantitative estimate of drug-likeness (QED) is 0.702. The summed E-state index contributed by atoms with van der Waals surface area (Å²) in [7, 11) is 0. The summed E-state index contributed by atoms with van der Waals surface area (Å²) in [5.74, 6) is 1.79. The summed E-state index contributed by atoms with van der Waals surface area (Å²) < 4.78 is 0. The van der Waals surface area contributed by atoms with Crippen LogP contribution in [-0.2, 0) is 5.75 Å². The molecule has 0 spiro atoms. The standard InChI is InChI=1S/C6H9NOS2/c8-1-2-9-4-6-3-7-5-10-6/h3,5,8H,1-2,4H2.